The number of benzene rings is 1. The number of carbonyl (C=O) groups is 1. The summed E-state index contributed by atoms with van der Waals surface area (Å²) in [5.74, 6) is 0.410. The summed E-state index contributed by atoms with van der Waals surface area (Å²) in [7, 11) is 1.81. The van der Waals surface area contributed by atoms with Crippen molar-refractivity contribution in [2.24, 2.45) is 0 Å². The fourth-order valence-electron chi connectivity index (χ4n) is 1.61. The third kappa shape index (κ3) is 2.09. The van der Waals surface area contributed by atoms with E-state index in [1.54, 1.807) is 17.0 Å². The molecule has 1 aromatic carbocycles. The summed E-state index contributed by atoms with van der Waals surface area (Å²) in [6, 6.07) is 7.13. The van der Waals surface area contributed by atoms with Crippen molar-refractivity contribution in [2.75, 3.05) is 13.6 Å². The molecule has 0 radical (unpaired) electrons. The summed E-state index contributed by atoms with van der Waals surface area (Å²) in [4.78, 5) is 14.2. The summed E-state index contributed by atoms with van der Waals surface area (Å²) >= 11 is 1.45. The molecule has 0 spiro atoms. The molecule has 1 heterocycles. The fraction of sp³-hybridized carbons (Fsp3) is 0.364. The molecule has 1 saturated heterocycles. The largest absolute Gasteiger partial charge is 0.507 e. The molecule has 1 aromatic rings. The maximum atomic E-state index is 11.6. The van der Waals surface area contributed by atoms with Crippen LogP contribution in [0.4, 0.5) is 0 Å². The van der Waals surface area contributed by atoms with E-state index in [4.69, 9.17) is 0 Å². The average molecular weight is 223 g/mol. The van der Waals surface area contributed by atoms with E-state index in [9.17, 15) is 9.90 Å². The Bertz CT molecular complexity index is 381. The van der Waals surface area contributed by atoms with Gasteiger partial charge in [0.2, 0.25) is 5.91 Å². The van der Waals surface area contributed by atoms with Crippen LogP contribution in [-0.4, -0.2) is 34.8 Å². The number of nitrogens with zero attached hydrogens (tertiary/aromatic N) is 1. The summed E-state index contributed by atoms with van der Waals surface area (Å²) in [5, 5.41) is 9.54. The van der Waals surface area contributed by atoms with Crippen LogP contribution in [0.2, 0.25) is 0 Å². The first-order valence-electron chi connectivity index (χ1n) is 4.88. The van der Waals surface area contributed by atoms with Gasteiger partial charge in [0.05, 0.1) is 5.25 Å². The number of thioether (sulfide) groups is 1. The Labute approximate surface area is 93.1 Å². The molecule has 1 amide bonds. The molecule has 1 fully saturated rings. The topological polar surface area (TPSA) is 40.5 Å². The van der Waals surface area contributed by atoms with Gasteiger partial charge in [0.1, 0.15) is 5.75 Å². The van der Waals surface area contributed by atoms with E-state index in [0.29, 0.717) is 0 Å². The van der Waals surface area contributed by atoms with Crippen LogP contribution in [0.5, 0.6) is 5.75 Å². The fourth-order valence-corrected chi connectivity index (χ4v) is 2.77. The Hall–Kier alpha value is -1.16. The van der Waals surface area contributed by atoms with Crippen LogP contribution < -0.4 is 0 Å². The SMILES string of the molecule is CN1CCC(Sc2ccccc2O)C1=O. The van der Waals surface area contributed by atoms with Gasteiger partial charge in [-0.05, 0) is 18.6 Å². The molecule has 1 N–H and O–H groups in total. The lowest BCUT2D eigenvalue weighted by Crippen LogP contribution is -2.23. The van der Waals surface area contributed by atoms with Gasteiger partial charge in [-0.1, -0.05) is 12.1 Å². The van der Waals surface area contributed by atoms with Crippen molar-refractivity contribution in [3.63, 3.8) is 0 Å². The van der Waals surface area contributed by atoms with Crippen LogP contribution in [0.3, 0.4) is 0 Å². The van der Waals surface area contributed by atoms with Gasteiger partial charge in [0, 0.05) is 18.5 Å². The minimum atomic E-state index is -0.0386. The van der Waals surface area contributed by atoms with Crippen molar-refractivity contribution >= 4 is 17.7 Å². The number of hydrogen-bond donors (Lipinski definition) is 1. The quantitative estimate of drug-likeness (QED) is 0.830. The van der Waals surface area contributed by atoms with Gasteiger partial charge in [0.25, 0.3) is 0 Å². The number of rotatable bonds is 2. The molecule has 3 nitrogen and oxygen atoms in total. The first kappa shape index (κ1) is 10.4. The highest BCUT2D eigenvalue weighted by molar-refractivity contribution is 8.00. The molecular formula is C11H13NO2S. The van der Waals surface area contributed by atoms with E-state index in [1.807, 2.05) is 19.2 Å². The van der Waals surface area contributed by atoms with Crippen LogP contribution in [0, 0.1) is 0 Å². The highest BCUT2D eigenvalue weighted by atomic mass is 32.2. The summed E-state index contributed by atoms with van der Waals surface area (Å²) in [6.45, 7) is 0.810. The number of carbonyl (C=O) groups excluding carboxylic acids is 1. The zero-order valence-corrected chi connectivity index (χ0v) is 9.33. The van der Waals surface area contributed by atoms with Gasteiger partial charge in [0.15, 0.2) is 0 Å². The maximum Gasteiger partial charge on any atom is 0.235 e. The minimum Gasteiger partial charge on any atom is -0.507 e. The Morgan fingerprint density at radius 2 is 2.20 bits per heavy atom. The Balaban J connectivity index is 2.10. The highest BCUT2D eigenvalue weighted by Gasteiger charge is 2.30. The third-order valence-electron chi connectivity index (χ3n) is 2.51. The van der Waals surface area contributed by atoms with E-state index in [1.165, 1.54) is 11.8 Å². The average Bonchev–Trinajstić information content (AvgIpc) is 2.53. The summed E-state index contributed by atoms with van der Waals surface area (Å²) in [5.41, 5.74) is 0. The molecule has 1 aliphatic heterocycles. The smallest absolute Gasteiger partial charge is 0.235 e. The molecular weight excluding hydrogens is 210 g/mol. The van der Waals surface area contributed by atoms with Crippen LogP contribution in [-0.2, 0) is 4.79 Å². The van der Waals surface area contributed by atoms with Crippen molar-refractivity contribution in [2.45, 2.75) is 16.6 Å². The van der Waals surface area contributed by atoms with Crippen LogP contribution in [0.1, 0.15) is 6.42 Å². The van der Waals surface area contributed by atoms with Gasteiger partial charge in [-0.15, -0.1) is 11.8 Å². The molecule has 2 rings (SSSR count). The van der Waals surface area contributed by atoms with Gasteiger partial charge >= 0.3 is 0 Å². The second-order valence-corrected chi connectivity index (χ2v) is 4.87. The van der Waals surface area contributed by atoms with Crippen molar-refractivity contribution < 1.29 is 9.90 Å². The van der Waals surface area contributed by atoms with E-state index in [-0.39, 0.29) is 16.9 Å². The molecule has 1 aliphatic rings. The van der Waals surface area contributed by atoms with Gasteiger partial charge in [-0.25, -0.2) is 0 Å². The molecule has 0 aliphatic carbocycles. The molecule has 15 heavy (non-hydrogen) atoms. The molecule has 0 saturated carbocycles. The van der Waals surface area contributed by atoms with Crippen molar-refractivity contribution in [1.82, 2.24) is 4.90 Å². The van der Waals surface area contributed by atoms with Gasteiger partial charge < -0.3 is 10.0 Å². The molecule has 80 valence electrons. The lowest BCUT2D eigenvalue weighted by Gasteiger charge is -2.10. The van der Waals surface area contributed by atoms with Crippen LogP contribution in [0.25, 0.3) is 0 Å². The van der Waals surface area contributed by atoms with E-state index >= 15 is 0 Å². The third-order valence-corrected chi connectivity index (χ3v) is 3.83. The Morgan fingerprint density at radius 3 is 2.80 bits per heavy atom. The number of phenolic OH excluding ortho intramolecular Hbond substituents is 1. The number of amides is 1. The number of para-hydroxylation sites is 1. The molecule has 1 atom stereocenters. The second-order valence-electron chi connectivity index (χ2n) is 3.62. The van der Waals surface area contributed by atoms with Crippen molar-refractivity contribution in [1.29, 1.82) is 0 Å². The molecule has 0 bridgehead atoms. The normalized spacial score (nSPS) is 21.0. The van der Waals surface area contributed by atoms with Crippen molar-refractivity contribution in [3.8, 4) is 5.75 Å². The number of likely N-dealkylation sites (tertiary alicyclic amines) is 1. The first-order valence-corrected chi connectivity index (χ1v) is 5.76. The Kier molecular flexibility index (Phi) is 2.86. The lowest BCUT2D eigenvalue weighted by atomic mass is 10.3. The maximum absolute atomic E-state index is 11.6. The van der Waals surface area contributed by atoms with Gasteiger partial charge in [-0.2, -0.15) is 0 Å². The number of phenols is 1. The monoisotopic (exact) mass is 223 g/mol. The minimum absolute atomic E-state index is 0.0386. The standard InChI is InChI=1S/C11H13NO2S/c1-12-7-6-10(11(12)14)15-9-5-3-2-4-8(9)13/h2-5,10,13H,6-7H2,1H3. The van der Waals surface area contributed by atoms with Gasteiger partial charge in [-0.3, -0.25) is 4.79 Å². The molecule has 1 unspecified atom stereocenters. The van der Waals surface area contributed by atoms with Crippen molar-refractivity contribution in [3.05, 3.63) is 24.3 Å². The van der Waals surface area contributed by atoms with Crippen LogP contribution in [0.15, 0.2) is 29.2 Å². The lowest BCUT2D eigenvalue weighted by molar-refractivity contribution is -0.126. The first-order chi connectivity index (χ1) is 7.18. The Morgan fingerprint density at radius 1 is 1.47 bits per heavy atom. The van der Waals surface area contributed by atoms with E-state index < -0.39 is 0 Å². The zero-order chi connectivity index (χ0) is 10.8. The highest BCUT2D eigenvalue weighted by Crippen LogP contribution is 2.35. The summed E-state index contributed by atoms with van der Waals surface area (Å²) < 4.78 is 0. The number of aromatic hydroxyl groups is 1. The zero-order valence-electron chi connectivity index (χ0n) is 8.51. The van der Waals surface area contributed by atoms with E-state index in [2.05, 4.69) is 0 Å². The number of hydrogen-bond acceptors (Lipinski definition) is 3. The molecule has 4 heteroatoms. The predicted molar refractivity (Wildman–Crippen MR) is 60.0 cm³/mol. The predicted octanol–water partition coefficient (Wildman–Crippen LogP) is 1.72. The second kappa shape index (κ2) is 4.14. The van der Waals surface area contributed by atoms with E-state index in [0.717, 1.165) is 17.9 Å². The summed E-state index contributed by atoms with van der Waals surface area (Å²) in [6.07, 6.45) is 0.855. The van der Waals surface area contributed by atoms with Crippen LogP contribution >= 0.6 is 11.8 Å². The molecule has 0 aromatic heterocycles.